The van der Waals surface area contributed by atoms with Crippen LogP contribution in [0.2, 0.25) is 0 Å². The molecule has 9 nitrogen and oxygen atoms in total. The number of aromatic amines is 1. The lowest BCUT2D eigenvalue weighted by molar-refractivity contribution is 0.102. The second kappa shape index (κ2) is 11.5. The molecule has 4 aromatic rings. The fourth-order valence-corrected chi connectivity index (χ4v) is 5.49. The highest BCUT2D eigenvalue weighted by Gasteiger charge is 2.20. The zero-order chi connectivity index (χ0) is 26.6. The Hall–Kier alpha value is -3.82. The van der Waals surface area contributed by atoms with Crippen LogP contribution >= 0.6 is 0 Å². The highest BCUT2D eigenvalue weighted by Crippen LogP contribution is 2.27. The van der Waals surface area contributed by atoms with Crippen LogP contribution in [0.25, 0.3) is 22.0 Å². The van der Waals surface area contributed by atoms with Gasteiger partial charge in [-0.2, -0.15) is 5.10 Å². The number of hydrogen-bond donors (Lipinski definition) is 2. The summed E-state index contributed by atoms with van der Waals surface area (Å²) in [7, 11) is 2.12. The molecule has 2 N–H and O–H groups in total. The van der Waals surface area contributed by atoms with E-state index in [4.69, 9.17) is 4.74 Å². The third-order valence-electron chi connectivity index (χ3n) is 7.71. The Morgan fingerprint density at radius 2 is 1.87 bits per heavy atom. The summed E-state index contributed by atoms with van der Waals surface area (Å²) in [6.07, 6.45) is 11.4. The molecule has 39 heavy (non-hydrogen) atoms. The van der Waals surface area contributed by atoms with Crippen molar-refractivity contribution in [2.45, 2.75) is 44.8 Å². The van der Waals surface area contributed by atoms with Gasteiger partial charge in [0.1, 0.15) is 6.10 Å². The summed E-state index contributed by atoms with van der Waals surface area (Å²) in [5.74, 6) is 0.236. The summed E-state index contributed by atoms with van der Waals surface area (Å²) in [6.45, 7) is 5.22. The van der Waals surface area contributed by atoms with E-state index in [0.717, 1.165) is 67.6 Å². The average Bonchev–Trinajstić information content (AvgIpc) is 3.39. The summed E-state index contributed by atoms with van der Waals surface area (Å²) in [4.78, 5) is 26.9. The molecule has 2 fully saturated rings. The van der Waals surface area contributed by atoms with Crippen LogP contribution in [0.1, 0.15) is 48.2 Å². The van der Waals surface area contributed by atoms with E-state index >= 15 is 0 Å². The van der Waals surface area contributed by atoms with E-state index in [1.165, 1.54) is 24.8 Å². The Kier molecular flexibility index (Phi) is 7.51. The number of H-pyrrole nitrogens is 1. The number of benzene rings is 1. The number of pyridine rings is 2. The van der Waals surface area contributed by atoms with Crippen molar-refractivity contribution >= 4 is 22.5 Å². The number of ether oxygens (including phenoxy) is 1. The number of amides is 1. The lowest BCUT2D eigenvalue weighted by Crippen LogP contribution is -2.35. The van der Waals surface area contributed by atoms with Crippen molar-refractivity contribution in [1.82, 2.24) is 30.0 Å². The average molecular weight is 526 g/mol. The van der Waals surface area contributed by atoms with Crippen molar-refractivity contribution in [2.75, 3.05) is 38.5 Å². The van der Waals surface area contributed by atoms with Crippen LogP contribution in [-0.2, 0) is 6.54 Å². The quantitative estimate of drug-likeness (QED) is 0.360. The summed E-state index contributed by atoms with van der Waals surface area (Å²) >= 11 is 0. The molecule has 202 valence electrons. The molecular weight excluding hydrogens is 490 g/mol. The first-order valence-corrected chi connectivity index (χ1v) is 13.9. The van der Waals surface area contributed by atoms with Crippen molar-refractivity contribution in [3.63, 3.8) is 0 Å². The number of nitrogens with one attached hydrogen (secondary N) is 2. The van der Waals surface area contributed by atoms with Crippen molar-refractivity contribution in [3.05, 3.63) is 66.2 Å². The lowest BCUT2D eigenvalue weighted by atomic mass is 10.0. The molecule has 2 saturated heterocycles. The van der Waals surface area contributed by atoms with E-state index in [0.29, 0.717) is 17.3 Å². The minimum Gasteiger partial charge on any atom is -0.474 e. The van der Waals surface area contributed by atoms with Gasteiger partial charge in [0, 0.05) is 60.9 Å². The van der Waals surface area contributed by atoms with Crippen molar-refractivity contribution in [3.8, 4) is 17.0 Å². The van der Waals surface area contributed by atoms with E-state index in [2.05, 4.69) is 48.4 Å². The molecule has 1 amide bonds. The molecule has 2 aliphatic rings. The predicted octanol–water partition coefficient (Wildman–Crippen LogP) is 4.73. The molecule has 0 atom stereocenters. The number of nitrogens with zero attached hydrogens (tertiary/aromatic N) is 5. The van der Waals surface area contributed by atoms with Gasteiger partial charge in [0.05, 0.1) is 5.52 Å². The first-order chi connectivity index (χ1) is 19.1. The SMILES string of the molecule is CN1CCC(Oc2cc(NC(=O)c3n[nH]c4ccc(-c5cncc(CN6CCCCC6)c5)cc34)ccn2)CC1. The minimum atomic E-state index is -0.285. The summed E-state index contributed by atoms with van der Waals surface area (Å²) in [5.41, 5.74) is 5.02. The van der Waals surface area contributed by atoms with Crippen LogP contribution in [0.3, 0.4) is 0 Å². The number of fused-ring (bicyclic) bond motifs is 1. The summed E-state index contributed by atoms with van der Waals surface area (Å²) in [5, 5.41) is 11.1. The molecule has 0 spiro atoms. The fourth-order valence-electron chi connectivity index (χ4n) is 5.49. The molecule has 0 unspecified atom stereocenters. The molecule has 1 aromatic carbocycles. The third kappa shape index (κ3) is 6.10. The Bertz CT molecular complexity index is 1440. The van der Waals surface area contributed by atoms with Crippen molar-refractivity contribution in [2.24, 2.45) is 0 Å². The van der Waals surface area contributed by atoms with Gasteiger partial charge < -0.3 is 15.0 Å². The highest BCUT2D eigenvalue weighted by atomic mass is 16.5. The molecular formula is C30H35N7O2. The number of carbonyl (C=O) groups excluding carboxylic acids is 1. The summed E-state index contributed by atoms with van der Waals surface area (Å²) in [6, 6.07) is 11.8. The Balaban J connectivity index is 1.17. The zero-order valence-electron chi connectivity index (χ0n) is 22.4. The molecule has 0 radical (unpaired) electrons. The van der Waals surface area contributed by atoms with Gasteiger partial charge in [0.15, 0.2) is 5.69 Å². The highest BCUT2D eigenvalue weighted by molar-refractivity contribution is 6.11. The minimum absolute atomic E-state index is 0.140. The van der Waals surface area contributed by atoms with E-state index in [1.807, 2.05) is 30.6 Å². The van der Waals surface area contributed by atoms with Gasteiger partial charge in [-0.05, 0) is 81.2 Å². The monoisotopic (exact) mass is 525 g/mol. The van der Waals surface area contributed by atoms with Gasteiger partial charge in [-0.3, -0.25) is 19.8 Å². The maximum Gasteiger partial charge on any atom is 0.276 e. The molecule has 0 bridgehead atoms. The second-order valence-corrected chi connectivity index (χ2v) is 10.7. The van der Waals surface area contributed by atoms with Gasteiger partial charge in [-0.15, -0.1) is 0 Å². The van der Waals surface area contributed by atoms with E-state index < -0.39 is 0 Å². The Labute approximate surface area is 228 Å². The predicted molar refractivity (Wildman–Crippen MR) is 152 cm³/mol. The molecule has 2 aliphatic heterocycles. The van der Waals surface area contributed by atoms with Crippen molar-refractivity contribution in [1.29, 1.82) is 0 Å². The van der Waals surface area contributed by atoms with Crippen LogP contribution in [0.5, 0.6) is 5.88 Å². The van der Waals surface area contributed by atoms with Crippen LogP contribution in [-0.4, -0.2) is 75.2 Å². The normalized spacial score (nSPS) is 17.4. The van der Waals surface area contributed by atoms with Gasteiger partial charge in [0.25, 0.3) is 5.91 Å². The van der Waals surface area contributed by atoms with Crippen LogP contribution in [0.15, 0.2) is 55.0 Å². The van der Waals surface area contributed by atoms with Crippen LogP contribution in [0.4, 0.5) is 5.69 Å². The molecule has 0 aliphatic carbocycles. The number of piperidine rings is 2. The molecule has 9 heteroatoms. The maximum absolute atomic E-state index is 13.3. The number of anilines is 1. The third-order valence-corrected chi connectivity index (χ3v) is 7.71. The number of hydrogen-bond acceptors (Lipinski definition) is 7. The smallest absolute Gasteiger partial charge is 0.276 e. The van der Waals surface area contributed by atoms with Gasteiger partial charge in [0.2, 0.25) is 5.88 Å². The molecule has 5 heterocycles. The van der Waals surface area contributed by atoms with Gasteiger partial charge in [-0.1, -0.05) is 12.5 Å². The maximum atomic E-state index is 13.3. The zero-order valence-corrected chi connectivity index (χ0v) is 22.4. The summed E-state index contributed by atoms with van der Waals surface area (Å²) < 4.78 is 6.09. The van der Waals surface area contributed by atoms with E-state index in [9.17, 15) is 4.79 Å². The first kappa shape index (κ1) is 25.5. The Morgan fingerprint density at radius 3 is 2.72 bits per heavy atom. The topological polar surface area (TPSA) is 99.3 Å². The molecule has 3 aromatic heterocycles. The van der Waals surface area contributed by atoms with Gasteiger partial charge in [-0.25, -0.2) is 4.98 Å². The van der Waals surface area contributed by atoms with Crippen LogP contribution < -0.4 is 10.1 Å². The van der Waals surface area contributed by atoms with Crippen molar-refractivity contribution < 1.29 is 9.53 Å². The van der Waals surface area contributed by atoms with Crippen LogP contribution in [0, 0.1) is 0 Å². The second-order valence-electron chi connectivity index (χ2n) is 10.7. The number of likely N-dealkylation sites (tertiary alicyclic amines) is 2. The number of aromatic nitrogens is 4. The van der Waals surface area contributed by atoms with E-state index in [1.54, 1.807) is 18.3 Å². The van der Waals surface area contributed by atoms with E-state index in [-0.39, 0.29) is 12.0 Å². The van der Waals surface area contributed by atoms with Gasteiger partial charge >= 0.3 is 0 Å². The first-order valence-electron chi connectivity index (χ1n) is 13.9. The Morgan fingerprint density at radius 1 is 1.03 bits per heavy atom. The standard InChI is InChI=1S/C30H35N7O2/c1-36-13-8-25(9-14-36)39-28-17-24(7-10-32-28)33-30(38)29-26-16-22(5-6-27(26)34-35-29)23-15-21(18-31-19-23)20-37-11-3-2-4-12-37/h5-7,10,15-19,25H,2-4,8-9,11-14,20H2,1H3,(H,34,35)(H,32,33,38). The largest absolute Gasteiger partial charge is 0.474 e. The molecule has 0 saturated carbocycles. The lowest BCUT2D eigenvalue weighted by Gasteiger charge is -2.28. The number of carbonyl (C=O) groups is 1. The fraction of sp³-hybridized carbons (Fsp3) is 0.400. The number of rotatable bonds is 7. The molecule has 6 rings (SSSR count).